The number of hydrogen-bond donors (Lipinski definition) is 1. The summed E-state index contributed by atoms with van der Waals surface area (Å²) in [6.07, 6.45) is 4.67. The number of rotatable bonds is 5. The number of aryl methyl sites for hydroxylation is 1. The summed E-state index contributed by atoms with van der Waals surface area (Å²) in [4.78, 5) is 11.8. The maximum absolute atomic E-state index is 11.8. The van der Waals surface area contributed by atoms with Gasteiger partial charge in [-0.1, -0.05) is 51.0 Å². The van der Waals surface area contributed by atoms with Crippen LogP contribution in [0.5, 0.6) is 0 Å². The SMILES string of the molecule is CCCC(C)CC1(C(=O)O)CCc2ccccc21. The first-order valence-electron chi connectivity index (χ1n) is 6.92. The van der Waals surface area contributed by atoms with Crippen LogP contribution >= 0.6 is 0 Å². The maximum atomic E-state index is 11.8. The second-order valence-electron chi connectivity index (χ2n) is 5.64. The monoisotopic (exact) mass is 246 g/mol. The molecule has 18 heavy (non-hydrogen) atoms. The zero-order valence-electron chi connectivity index (χ0n) is 11.3. The fourth-order valence-corrected chi connectivity index (χ4v) is 3.40. The van der Waals surface area contributed by atoms with Crippen LogP contribution in [0.15, 0.2) is 24.3 Å². The first kappa shape index (κ1) is 13.1. The molecule has 0 aliphatic heterocycles. The Morgan fingerprint density at radius 2 is 2.17 bits per heavy atom. The lowest BCUT2D eigenvalue weighted by Crippen LogP contribution is -2.35. The van der Waals surface area contributed by atoms with Crippen LogP contribution in [-0.2, 0) is 16.6 Å². The minimum atomic E-state index is -0.643. The summed E-state index contributed by atoms with van der Waals surface area (Å²) in [5, 5.41) is 9.73. The second kappa shape index (κ2) is 5.13. The number of benzene rings is 1. The molecule has 0 amide bonds. The highest BCUT2D eigenvalue weighted by molar-refractivity contribution is 5.83. The molecule has 0 fully saturated rings. The van der Waals surface area contributed by atoms with Gasteiger partial charge < -0.3 is 5.11 Å². The smallest absolute Gasteiger partial charge is 0.314 e. The summed E-state index contributed by atoms with van der Waals surface area (Å²) in [7, 11) is 0. The van der Waals surface area contributed by atoms with Gasteiger partial charge in [0, 0.05) is 0 Å². The zero-order valence-corrected chi connectivity index (χ0v) is 11.3. The van der Waals surface area contributed by atoms with Gasteiger partial charge in [0.05, 0.1) is 5.41 Å². The van der Waals surface area contributed by atoms with Crippen LogP contribution in [0.25, 0.3) is 0 Å². The molecular weight excluding hydrogens is 224 g/mol. The summed E-state index contributed by atoms with van der Waals surface area (Å²) in [6, 6.07) is 8.05. The summed E-state index contributed by atoms with van der Waals surface area (Å²) in [5.41, 5.74) is 1.65. The molecule has 1 aromatic rings. The van der Waals surface area contributed by atoms with E-state index in [4.69, 9.17) is 0 Å². The van der Waals surface area contributed by atoms with Crippen molar-refractivity contribution in [3.63, 3.8) is 0 Å². The Labute approximate surface area is 109 Å². The van der Waals surface area contributed by atoms with Crippen LogP contribution in [0.4, 0.5) is 0 Å². The van der Waals surface area contributed by atoms with Crippen molar-refractivity contribution in [3.05, 3.63) is 35.4 Å². The van der Waals surface area contributed by atoms with Gasteiger partial charge in [0.25, 0.3) is 0 Å². The van der Waals surface area contributed by atoms with E-state index in [2.05, 4.69) is 19.9 Å². The first-order chi connectivity index (χ1) is 8.60. The lowest BCUT2D eigenvalue weighted by Gasteiger charge is -2.28. The molecule has 2 heteroatoms. The number of fused-ring (bicyclic) bond motifs is 1. The van der Waals surface area contributed by atoms with Gasteiger partial charge in [-0.15, -0.1) is 0 Å². The predicted molar refractivity (Wildman–Crippen MR) is 72.8 cm³/mol. The molecule has 0 spiro atoms. The quantitative estimate of drug-likeness (QED) is 0.858. The highest BCUT2D eigenvalue weighted by atomic mass is 16.4. The van der Waals surface area contributed by atoms with E-state index in [9.17, 15) is 9.90 Å². The molecule has 0 bridgehead atoms. The molecule has 0 heterocycles. The van der Waals surface area contributed by atoms with Gasteiger partial charge in [0.2, 0.25) is 0 Å². The van der Waals surface area contributed by atoms with Crippen molar-refractivity contribution in [2.45, 2.75) is 51.4 Å². The zero-order chi connectivity index (χ0) is 13.2. The normalized spacial score (nSPS) is 23.7. The summed E-state index contributed by atoms with van der Waals surface area (Å²) in [6.45, 7) is 4.33. The highest BCUT2D eigenvalue weighted by Gasteiger charge is 2.45. The second-order valence-corrected chi connectivity index (χ2v) is 5.64. The lowest BCUT2D eigenvalue weighted by atomic mass is 9.74. The molecular formula is C16H22O2. The fourth-order valence-electron chi connectivity index (χ4n) is 3.40. The van der Waals surface area contributed by atoms with E-state index in [-0.39, 0.29) is 0 Å². The van der Waals surface area contributed by atoms with Gasteiger partial charge in [-0.05, 0) is 36.3 Å². The Morgan fingerprint density at radius 3 is 2.83 bits per heavy atom. The Hall–Kier alpha value is -1.31. The van der Waals surface area contributed by atoms with Crippen molar-refractivity contribution in [2.75, 3.05) is 0 Å². The van der Waals surface area contributed by atoms with E-state index in [1.165, 1.54) is 5.56 Å². The van der Waals surface area contributed by atoms with Crippen LogP contribution in [0.1, 0.15) is 50.7 Å². The van der Waals surface area contributed by atoms with Gasteiger partial charge in [-0.2, -0.15) is 0 Å². The van der Waals surface area contributed by atoms with Crippen molar-refractivity contribution >= 4 is 5.97 Å². The molecule has 0 radical (unpaired) electrons. The predicted octanol–water partition coefficient (Wildman–Crippen LogP) is 3.78. The third kappa shape index (κ3) is 2.16. The average Bonchev–Trinajstić information content (AvgIpc) is 2.70. The minimum Gasteiger partial charge on any atom is -0.481 e. The van der Waals surface area contributed by atoms with Gasteiger partial charge in [0.15, 0.2) is 0 Å². The molecule has 98 valence electrons. The summed E-state index contributed by atoms with van der Waals surface area (Å²) >= 11 is 0. The Bertz CT molecular complexity index is 438. The van der Waals surface area contributed by atoms with Crippen molar-refractivity contribution in [3.8, 4) is 0 Å². The standard InChI is InChI=1S/C16H22O2/c1-3-6-12(2)11-16(15(17)18)10-9-13-7-4-5-8-14(13)16/h4-5,7-8,12H,3,6,9-11H2,1-2H3,(H,17,18). The van der Waals surface area contributed by atoms with Crippen LogP contribution in [0.2, 0.25) is 0 Å². The molecule has 1 aliphatic rings. The van der Waals surface area contributed by atoms with Crippen molar-refractivity contribution < 1.29 is 9.90 Å². The van der Waals surface area contributed by atoms with E-state index in [1.54, 1.807) is 0 Å². The Morgan fingerprint density at radius 1 is 1.44 bits per heavy atom. The van der Waals surface area contributed by atoms with E-state index in [1.807, 2.05) is 18.2 Å². The van der Waals surface area contributed by atoms with E-state index in [0.717, 1.165) is 37.7 Å². The van der Waals surface area contributed by atoms with Crippen LogP contribution in [0, 0.1) is 5.92 Å². The van der Waals surface area contributed by atoms with E-state index >= 15 is 0 Å². The molecule has 2 nitrogen and oxygen atoms in total. The highest BCUT2D eigenvalue weighted by Crippen LogP contribution is 2.44. The third-order valence-corrected chi connectivity index (χ3v) is 4.24. The van der Waals surface area contributed by atoms with Gasteiger partial charge in [-0.25, -0.2) is 0 Å². The van der Waals surface area contributed by atoms with Crippen molar-refractivity contribution in [1.29, 1.82) is 0 Å². The fraction of sp³-hybridized carbons (Fsp3) is 0.562. The number of aliphatic carboxylic acids is 1. The van der Waals surface area contributed by atoms with E-state index in [0.29, 0.717) is 5.92 Å². The van der Waals surface area contributed by atoms with E-state index < -0.39 is 11.4 Å². The largest absolute Gasteiger partial charge is 0.481 e. The first-order valence-corrected chi connectivity index (χ1v) is 6.92. The Kier molecular flexibility index (Phi) is 3.74. The number of carboxylic acid groups (broad SMARTS) is 1. The minimum absolute atomic E-state index is 0.470. The molecule has 1 N–H and O–H groups in total. The average molecular weight is 246 g/mol. The summed E-state index contributed by atoms with van der Waals surface area (Å²) in [5.74, 6) is -0.173. The lowest BCUT2D eigenvalue weighted by molar-refractivity contribution is -0.144. The Balaban J connectivity index is 2.33. The summed E-state index contributed by atoms with van der Waals surface area (Å²) < 4.78 is 0. The molecule has 1 aromatic carbocycles. The molecule has 1 aliphatic carbocycles. The van der Waals surface area contributed by atoms with Crippen molar-refractivity contribution in [1.82, 2.24) is 0 Å². The van der Waals surface area contributed by atoms with Gasteiger partial charge >= 0.3 is 5.97 Å². The molecule has 0 saturated heterocycles. The topological polar surface area (TPSA) is 37.3 Å². The van der Waals surface area contributed by atoms with Gasteiger partial charge in [-0.3, -0.25) is 4.79 Å². The molecule has 0 aromatic heterocycles. The number of carbonyl (C=O) groups is 1. The maximum Gasteiger partial charge on any atom is 0.314 e. The molecule has 2 unspecified atom stereocenters. The van der Waals surface area contributed by atoms with Crippen LogP contribution < -0.4 is 0 Å². The van der Waals surface area contributed by atoms with Crippen molar-refractivity contribution in [2.24, 2.45) is 5.92 Å². The van der Waals surface area contributed by atoms with Gasteiger partial charge in [0.1, 0.15) is 0 Å². The third-order valence-electron chi connectivity index (χ3n) is 4.24. The molecule has 0 saturated carbocycles. The number of carboxylic acids is 1. The molecule has 2 atom stereocenters. The number of hydrogen-bond acceptors (Lipinski definition) is 1. The molecule has 2 rings (SSSR count). The van der Waals surface area contributed by atoms with Crippen LogP contribution in [0.3, 0.4) is 0 Å². The van der Waals surface area contributed by atoms with Crippen LogP contribution in [-0.4, -0.2) is 11.1 Å².